The third-order valence-electron chi connectivity index (χ3n) is 4.09. The number of pyridine rings is 1. The Morgan fingerprint density at radius 1 is 0.960 bits per heavy atom. The Kier molecular flexibility index (Phi) is 3.96. The summed E-state index contributed by atoms with van der Waals surface area (Å²) in [6.07, 6.45) is 4.97. The molecule has 0 unspecified atom stereocenters. The number of para-hydroxylation sites is 2. The lowest BCUT2D eigenvalue weighted by Gasteiger charge is -2.06. The number of amides is 1. The van der Waals surface area contributed by atoms with Crippen molar-refractivity contribution in [2.24, 2.45) is 5.10 Å². The Morgan fingerprint density at radius 2 is 1.56 bits per heavy atom. The molecule has 122 valence electrons. The van der Waals surface area contributed by atoms with Gasteiger partial charge in [-0.1, -0.05) is 36.4 Å². The highest BCUT2D eigenvalue weighted by Gasteiger charge is 2.11. The molecule has 2 heterocycles. The molecule has 0 radical (unpaired) electrons. The second kappa shape index (κ2) is 6.57. The van der Waals surface area contributed by atoms with Crippen LogP contribution in [0.4, 0.5) is 0 Å². The number of benzene rings is 2. The Morgan fingerprint density at radius 3 is 2.20 bits per heavy atom. The summed E-state index contributed by atoms with van der Waals surface area (Å²) in [7, 11) is 0. The fourth-order valence-corrected chi connectivity index (χ4v) is 2.98. The van der Waals surface area contributed by atoms with Crippen molar-refractivity contribution in [3.8, 4) is 0 Å². The van der Waals surface area contributed by atoms with Gasteiger partial charge in [0.05, 0.1) is 6.21 Å². The van der Waals surface area contributed by atoms with Crippen molar-refractivity contribution in [1.82, 2.24) is 15.0 Å². The number of nitrogens with one attached hydrogen (secondary N) is 1. The summed E-state index contributed by atoms with van der Waals surface area (Å²) in [5, 5.41) is 6.31. The molecule has 0 atom stereocenters. The van der Waals surface area contributed by atoms with Gasteiger partial charge in [-0.15, -0.1) is 0 Å². The van der Waals surface area contributed by atoms with Gasteiger partial charge in [-0.05, 0) is 29.8 Å². The molecule has 25 heavy (non-hydrogen) atoms. The van der Waals surface area contributed by atoms with E-state index in [4.69, 9.17) is 0 Å². The molecule has 0 aliphatic rings. The molecule has 0 aliphatic carbocycles. The smallest absolute Gasteiger partial charge is 0.260 e. The van der Waals surface area contributed by atoms with Crippen molar-refractivity contribution < 1.29 is 4.79 Å². The lowest BCUT2D eigenvalue weighted by Crippen LogP contribution is -2.23. The highest BCUT2D eigenvalue weighted by molar-refractivity contribution is 6.08. The lowest BCUT2D eigenvalue weighted by molar-refractivity contribution is -0.121. The molecule has 0 spiro atoms. The highest BCUT2D eigenvalue weighted by Crippen LogP contribution is 2.28. The molecular weight excluding hydrogens is 312 g/mol. The van der Waals surface area contributed by atoms with Crippen LogP contribution in [0.5, 0.6) is 0 Å². The van der Waals surface area contributed by atoms with Crippen molar-refractivity contribution in [2.75, 3.05) is 0 Å². The van der Waals surface area contributed by atoms with Gasteiger partial charge in [-0.2, -0.15) is 5.10 Å². The third-order valence-corrected chi connectivity index (χ3v) is 4.09. The Balaban J connectivity index is 1.59. The summed E-state index contributed by atoms with van der Waals surface area (Å²) >= 11 is 0. The first-order chi connectivity index (χ1) is 12.3. The summed E-state index contributed by atoms with van der Waals surface area (Å²) < 4.78 is 2.02. The monoisotopic (exact) mass is 328 g/mol. The molecule has 1 amide bonds. The van der Waals surface area contributed by atoms with Crippen LogP contribution in [0.3, 0.4) is 0 Å². The Hall–Kier alpha value is -3.47. The largest absolute Gasteiger partial charge is 0.331 e. The normalized spacial score (nSPS) is 11.4. The molecule has 0 bridgehead atoms. The van der Waals surface area contributed by atoms with E-state index >= 15 is 0 Å². The van der Waals surface area contributed by atoms with Crippen LogP contribution >= 0.6 is 0 Å². The average molecular weight is 328 g/mol. The number of hydrogen-bond donors (Lipinski definition) is 1. The molecule has 0 saturated carbocycles. The standard InChI is InChI=1S/C20H16N4O/c25-20(23-22-13-15-9-11-21-12-10-15)14-24-18-7-3-1-5-16(18)17-6-2-4-8-19(17)24/h1-13H,14H2,(H,23,25)/b22-13+. The van der Waals surface area contributed by atoms with E-state index in [1.54, 1.807) is 18.6 Å². The van der Waals surface area contributed by atoms with Gasteiger partial charge < -0.3 is 4.57 Å². The van der Waals surface area contributed by atoms with Crippen LogP contribution in [0.1, 0.15) is 5.56 Å². The van der Waals surface area contributed by atoms with E-state index in [1.165, 1.54) is 0 Å². The molecule has 0 saturated heterocycles. The SMILES string of the molecule is O=C(Cn1c2ccccc2c2ccccc21)N/N=C/c1ccncc1. The number of nitrogens with zero attached hydrogens (tertiary/aromatic N) is 3. The summed E-state index contributed by atoms with van der Waals surface area (Å²) in [5.41, 5.74) is 5.55. The van der Waals surface area contributed by atoms with Gasteiger partial charge in [-0.25, -0.2) is 5.43 Å². The predicted octanol–water partition coefficient (Wildman–Crippen LogP) is 3.34. The summed E-state index contributed by atoms with van der Waals surface area (Å²) in [6, 6.07) is 19.9. The van der Waals surface area contributed by atoms with Crippen molar-refractivity contribution >= 4 is 33.9 Å². The van der Waals surface area contributed by atoms with Crippen LogP contribution in [0, 0.1) is 0 Å². The quantitative estimate of drug-likeness (QED) is 0.461. The number of hydrazone groups is 1. The number of fused-ring (bicyclic) bond motifs is 3. The first kappa shape index (κ1) is 15.1. The third kappa shape index (κ3) is 2.99. The Labute approximate surface area is 144 Å². The van der Waals surface area contributed by atoms with E-state index in [0.717, 1.165) is 27.4 Å². The topological polar surface area (TPSA) is 59.3 Å². The van der Waals surface area contributed by atoms with Gasteiger partial charge in [0.2, 0.25) is 0 Å². The van der Waals surface area contributed by atoms with E-state index < -0.39 is 0 Å². The van der Waals surface area contributed by atoms with Gasteiger partial charge in [0.1, 0.15) is 6.54 Å². The van der Waals surface area contributed by atoms with Crippen molar-refractivity contribution in [1.29, 1.82) is 0 Å². The minimum Gasteiger partial charge on any atom is -0.331 e. The molecule has 1 N–H and O–H groups in total. The van der Waals surface area contributed by atoms with Gasteiger partial charge in [0, 0.05) is 34.2 Å². The average Bonchev–Trinajstić information content (AvgIpc) is 2.97. The van der Waals surface area contributed by atoms with Gasteiger partial charge in [0.15, 0.2) is 0 Å². The van der Waals surface area contributed by atoms with Gasteiger partial charge >= 0.3 is 0 Å². The number of rotatable bonds is 4. The van der Waals surface area contributed by atoms with E-state index in [9.17, 15) is 4.79 Å². The fraction of sp³-hybridized carbons (Fsp3) is 0.0500. The van der Waals surface area contributed by atoms with Gasteiger partial charge in [0.25, 0.3) is 5.91 Å². The van der Waals surface area contributed by atoms with Gasteiger partial charge in [-0.3, -0.25) is 9.78 Å². The maximum Gasteiger partial charge on any atom is 0.260 e. The van der Waals surface area contributed by atoms with Crippen LogP contribution in [0.15, 0.2) is 78.2 Å². The second-order valence-corrected chi connectivity index (χ2v) is 5.69. The predicted molar refractivity (Wildman–Crippen MR) is 99.4 cm³/mol. The molecule has 2 aromatic heterocycles. The minimum atomic E-state index is -0.170. The van der Waals surface area contributed by atoms with E-state index in [-0.39, 0.29) is 12.5 Å². The first-order valence-corrected chi connectivity index (χ1v) is 8.01. The highest BCUT2D eigenvalue weighted by atomic mass is 16.2. The minimum absolute atomic E-state index is 0.170. The molecule has 0 fully saturated rings. The van der Waals surface area contributed by atoms with Crippen LogP contribution in [0.2, 0.25) is 0 Å². The molecule has 5 heteroatoms. The van der Waals surface area contributed by atoms with Crippen LogP contribution in [-0.4, -0.2) is 21.7 Å². The number of aromatic nitrogens is 2. The number of hydrogen-bond acceptors (Lipinski definition) is 3. The van der Waals surface area contributed by atoms with E-state index in [0.29, 0.717) is 0 Å². The maximum absolute atomic E-state index is 12.3. The number of carbonyl (C=O) groups excluding carboxylic acids is 1. The molecule has 2 aromatic carbocycles. The Bertz CT molecular complexity index is 1010. The zero-order chi connectivity index (χ0) is 17.1. The molecule has 4 aromatic rings. The summed E-state index contributed by atoms with van der Waals surface area (Å²) in [5.74, 6) is -0.170. The second-order valence-electron chi connectivity index (χ2n) is 5.69. The zero-order valence-corrected chi connectivity index (χ0v) is 13.5. The molecule has 5 nitrogen and oxygen atoms in total. The molecule has 0 aliphatic heterocycles. The first-order valence-electron chi connectivity index (χ1n) is 8.01. The molecule has 4 rings (SSSR count). The van der Waals surface area contributed by atoms with E-state index in [2.05, 4.69) is 27.6 Å². The van der Waals surface area contributed by atoms with Crippen molar-refractivity contribution in [2.45, 2.75) is 6.54 Å². The lowest BCUT2D eigenvalue weighted by atomic mass is 10.2. The summed E-state index contributed by atoms with van der Waals surface area (Å²) in [6.45, 7) is 0.210. The maximum atomic E-state index is 12.3. The zero-order valence-electron chi connectivity index (χ0n) is 13.5. The van der Waals surface area contributed by atoms with Crippen LogP contribution in [-0.2, 0) is 11.3 Å². The number of carbonyl (C=O) groups is 1. The summed E-state index contributed by atoms with van der Waals surface area (Å²) in [4.78, 5) is 16.3. The van der Waals surface area contributed by atoms with Crippen LogP contribution in [0.25, 0.3) is 21.8 Å². The van der Waals surface area contributed by atoms with Crippen LogP contribution < -0.4 is 5.43 Å². The fourth-order valence-electron chi connectivity index (χ4n) is 2.98. The van der Waals surface area contributed by atoms with Crippen molar-refractivity contribution in [3.05, 3.63) is 78.6 Å². The molecular formula is C20H16N4O. The van der Waals surface area contributed by atoms with E-state index in [1.807, 2.05) is 53.1 Å². The van der Waals surface area contributed by atoms with Crippen molar-refractivity contribution in [3.63, 3.8) is 0 Å².